The van der Waals surface area contributed by atoms with Crippen molar-refractivity contribution >= 4 is 11.6 Å². The van der Waals surface area contributed by atoms with Gasteiger partial charge in [0, 0.05) is 30.3 Å². The fourth-order valence-electron chi connectivity index (χ4n) is 2.31. The van der Waals surface area contributed by atoms with Crippen LogP contribution < -0.4 is 5.73 Å². The van der Waals surface area contributed by atoms with Crippen molar-refractivity contribution in [3.05, 3.63) is 52.2 Å². The number of nitrogens with two attached hydrogens (primary N) is 1. The molecule has 2 aromatic rings. The number of fused-ring (bicyclic) bond motifs is 1. The van der Waals surface area contributed by atoms with E-state index in [-0.39, 0.29) is 6.04 Å². The predicted octanol–water partition coefficient (Wildman–Crippen LogP) is 2.73. The summed E-state index contributed by atoms with van der Waals surface area (Å²) in [6, 6.07) is 7.99. The molecule has 0 saturated carbocycles. The number of rotatable bonds is 2. The Morgan fingerprint density at radius 2 is 2.11 bits per heavy atom. The second-order valence-corrected chi connectivity index (χ2v) is 5.22. The normalized spacial score (nSPS) is 18.7. The van der Waals surface area contributed by atoms with Gasteiger partial charge >= 0.3 is 0 Å². The molecule has 1 aliphatic carbocycles. The maximum atomic E-state index is 5.93. The van der Waals surface area contributed by atoms with E-state index in [1.807, 2.05) is 24.3 Å². The Kier molecular flexibility index (Phi) is 3.10. The van der Waals surface area contributed by atoms with Crippen LogP contribution in [0, 0.1) is 0 Å². The van der Waals surface area contributed by atoms with Gasteiger partial charge in [0.2, 0.25) is 0 Å². The van der Waals surface area contributed by atoms with Gasteiger partial charge in [-0.25, -0.2) is 4.98 Å². The van der Waals surface area contributed by atoms with Crippen LogP contribution in [-0.4, -0.2) is 11.0 Å². The zero-order chi connectivity index (χ0) is 12.5. The third-order valence-electron chi connectivity index (χ3n) is 3.29. The molecule has 0 fully saturated rings. The molecule has 0 amide bonds. The molecule has 1 heterocycles. The lowest BCUT2D eigenvalue weighted by Crippen LogP contribution is -2.27. The molecule has 1 unspecified atom stereocenters. The van der Waals surface area contributed by atoms with Crippen molar-refractivity contribution in [3.63, 3.8) is 0 Å². The van der Waals surface area contributed by atoms with E-state index in [2.05, 4.69) is 4.98 Å². The van der Waals surface area contributed by atoms with Crippen LogP contribution in [0.25, 0.3) is 0 Å². The highest BCUT2D eigenvalue weighted by molar-refractivity contribution is 6.30. The maximum Gasteiger partial charge on any atom is 0.199 e. The lowest BCUT2D eigenvalue weighted by Gasteiger charge is -2.14. The second kappa shape index (κ2) is 4.75. The van der Waals surface area contributed by atoms with Gasteiger partial charge in [-0.05, 0) is 24.1 Å². The molecule has 2 N–H and O–H groups in total. The van der Waals surface area contributed by atoms with Crippen LogP contribution in [-0.2, 0) is 19.3 Å². The van der Waals surface area contributed by atoms with Gasteiger partial charge in [-0.1, -0.05) is 23.7 Å². The Hall–Kier alpha value is -1.32. The molecule has 1 atom stereocenters. The third kappa shape index (κ3) is 2.42. The van der Waals surface area contributed by atoms with Crippen LogP contribution in [0.15, 0.2) is 28.7 Å². The molecule has 1 aromatic carbocycles. The predicted molar refractivity (Wildman–Crippen MR) is 70.8 cm³/mol. The molecular formula is C14H15ClN2O. The number of aromatic nitrogens is 1. The monoisotopic (exact) mass is 262 g/mol. The van der Waals surface area contributed by atoms with E-state index in [4.69, 9.17) is 21.8 Å². The topological polar surface area (TPSA) is 52.0 Å². The Morgan fingerprint density at radius 1 is 1.33 bits per heavy atom. The van der Waals surface area contributed by atoms with Crippen molar-refractivity contribution in [1.82, 2.24) is 4.98 Å². The molecule has 0 radical (unpaired) electrons. The highest BCUT2D eigenvalue weighted by Gasteiger charge is 2.21. The minimum absolute atomic E-state index is 0.228. The smallest absolute Gasteiger partial charge is 0.199 e. The zero-order valence-corrected chi connectivity index (χ0v) is 10.8. The minimum Gasteiger partial charge on any atom is -0.445 e. The lowest BCUT2D eigenvalue weighted by molar-refractivity contribution is 0.433. The molecular weight excluding hydrogens is 248 g/mol. The SMILES string of the molecule is NC1CCc2oc(Cc3ccc(Cl)cc3)nc2C1. The number of hydrogen-bond acceptors (Lipinski definition) is 3. The number of benzene rings is 1. The fraction of sp³-hybridized carbons (Fsp3) is 0.357. The number of aryl methyl sites for hydroxylation is 1. The van der Waals surface area contributed by atoms with E-state index >= 15 is 0 Å². The summed E-state index contributed by atoms with van der Waals surface area (Å²) in [6.07, 6.45) is 3.44. The van der Waals surface area contributed by atoms with Gasteiger partial charge in [-0.2, -0.15) is 0 Å². The quantitative estimate of drug-likeness (QED) is 0.905. The average Bonchev–Trinajstić information content (AvgIpc) is 2.73. The highest BCUT2D eigenvalue weighted by Crippen LogP contribution is 2.22. The zero-order valence-electron chi connectivity index (χ0n) is 10.0. The molecule has 1 aliphatic rings. The van der Waals surface area contributed by atoms with E-state index in [1.165, 1.54) is 0 Å². The Labute approximate surface area is 111 Å². The molecule has 1 aromatic heterocycles. The van der Waals surface area contributed by atoms with Gasteiger partial charge < -0.3 is 10.2 Å². The highest BCUT2D eigenvalue weighted by atomic mass is 35.5. The Balaban J connectivity index is 1.79. The molecule has 0 bridgehead atoms. The van der Waals surface area contributed by atoms with Crippen molar-refractivity contribution in [2.24, 2.45) is 5.73 Å². The molecule has 3 rings (SSSR count). The summed E-state index contributed by atoms with van der Waals surface area (Å²) in [6.45, 7) is 0. The number of hydrogen-bond donors (Lipinski definition) is 1. The number of halogens is 1. The number of oxazole rings is 1. The van der Waals surface area contributed by atoms with Gasteiger partial charge in [0.1, 0.15) is 5.76 Å². The fourth-order valence-corrected chi connectivity index (χ4v) is 2.44. The van der Waals surface area contributed by atoms with E-state index in [9.17, 15) is 0 Å². The van der Waals surface area contributed by atoms with Gasteiger partial charge in [0.25, 0.3) is 0 Å². The van der Waals surface area contributed by atoms with Crippen molar-refractivity contribution in [1.29, 1.82) is 0 Å². The van der Waals surface area contributed by atoms with Crippen molar-refractivity contribution < 1.29 is 4.42 Å². The van der Waals surface area contributed by atoms with Crippen LogP contribution in [0.5, 0.6) is 0 Å². The summed E-state index contributed by atoms with van der Waals surface area (Å²) in [4.78, 5) is 4.54. The Morgan fingerprint density at radius 3 is 2.89 bits per heavy atom. The molecule has 3 nitrogen and oxygen atoms in total. The second-order valence-electron chi connectivity index (χ2n) is 4.78. The summed E-state index contributed by atoms with van der Waals surface area (Å²) < 4.78 is 5.79. The van der Waals surface area contributed by atoms with Crippen LogP contribution >= 0.6 is 11.6 Å². The van der Waals surface area contributed by atoms with Crippen LogP contribution in [0.4, 0.5) is 0 Å². The van der Waals surface area contributed by atoms with Crippen molar-refractivity contribution in [2.45, 2.75) is 31.7 Å². The van der Waals surface area contributed by atoms with Gasteiger partial charge in [0.15, 0.2) is 5.89 Å². The Bertz CT molecular complexity index is 547. The summed E-state index contributed by atoms with van der Waals surface area (Å²) in [5.41, 5.74) is 8.13. The first-order chi connectivity index (χ1) is 8.70. The summed E-state index contributed by atoms with van der Waals surface area (Å²) in [5, 5.41) is 0.747. The van der Waals surface area contributed by atoms with Crippen molar-refractivity contribution in [2.75, 3.05) is 0 Å². The average molecular weight is 263 g/mol. The standard InChI is InChI=1S/C14H15ClN2O/c15-10-3-1-9(2-4-10)7-14-17-12-8-11(16)5-6-13(12)18-14/h1-4,11H,5-8,16H2. The van der Waals surface area contributed by atoms with E-state index in [1.54, 1.807) is 0 Å². The van der Waals surface area contributed by atoms with Crippen LogP contribution in [0.3, 0.4) is 0 Å². The first-order valence-corrected chi connectivity index (χ1v) is 6.56. The van der Waals surface area contributed by atoms with E-state index in [0.717, 1.165) is 47.2 Å². The van der Waals surface area contributed by atoms with Gasteiger partial charge in [-0.3, -0.25) is 0 Å². The summed E-state index contributed by atoms with van der Waals surface area (Å²) in [5.74, 6) is 1.79. The van der Waals surface area contributed by atoms with Crippen LogP contribution in [0.2, 0.25) is 5.02 Å². The van der Waals surface area contributed by atoms with Gasteiger partial charge in [-0.15, -0.1) is 0 Å². The largest absolute Gasteiger partial charge is 0.445 e. The first kappa shape index (κ1) is 11.8. The molecule has 0 aliphatic heterocycles. The van der Waals surface area contributed by atoms with E-state index < -0.39 is 0 Å². The summed E-state index contributed by atoms with van der Waals surface area (Å²) in [7, 11) is 0. The first-order valence-electron chi connectivity index (χ1n) is 6.18. The van der Waals surface area contributed by atoms with Crippen molar-refractivity contribution in [3.8, 4) is 0 Å². The maximum absolute atomic E-state index is 5.93. The third-order valence-corrected chi connectivity index (χ3v) is 3.54. The molecule has 0 saturated heterocycles. The number of nitrogens with zero attached hydrogens (tertiary/aromatic N) is 1. The molecule has 94 valence electrons. The molecule has 18 heavy (non-hydrogen) atoms. The van der Waals surface area contributed by atoms with Crippen LogP contribution in [0.1, 0.15) is 29.3 Å². The van der Waals surface area contributed by atoms with E-state index in [0.29, 0.717) is 6.42 Å². The van der Waals surface area contributed by atoms with Gasteiger partial charge in [0.05, 0.1) is 5.69 Å². The molecule has 4 heteroatoms. The molecule has 0 spiro atoms. The summed E-state index contributed by atoms with van der Waals surface area (Å²) >= 11 is 5.86. The minimum atomic E-state index is 0.228. The lowest BCUT2D eigenvalue weighted by atomic mass is 9.98.